The summed E-state index contributed by atoms with van der Waals surface area (Å²) < 4.78 is 13.2. The highest BCUT2D eigenvalue weighted by Gasteiger charge is 2.15. The number of hydrogen-bond acceptors (Lipinski definition) is 4. The molecule has 0 atom stereocenters. The van der Waals surface area contributed by atoms with E-state index in [2.05, 4.69) is 34.0 Å². The van der Waals surface area contributed by atoms with Crippen molar-refractivity contribution in [2.45, 2.75) is 33.9 Å². The highest BCUT2D eigenvalue weighted by Crippen LogP contribution is 2.35. The molecule has 1 aromatic carbocycles. The van der Waals surface area contributed by atoms with Crippen LogP contribution in [0.15, 0.2) is 24.7 Å². The SMILES string of the molecule is Cc1cc2c(cc1NC(=O)NCc1cncn1CC(C)C)OCCO2. The first-order valence-electron chi connectivity index (χ1n) is 8.47. The lowest BCUT2D eigenvalue weighted by molar-refractivity contribution is 0.171. The molecule has 1 aliphatic heterocycles. The van der Waals surface area contributed by atoms with E-state index >= 15 is 0 Å². The van der Waals surface area contributed by atoms with E-state index in [0.29, 0.717) is 42.9 Å². The van der Waals surface area contributed by atoms with Gasteiger partial charge in [-0.25, -0.2) is 9.78 Å². The average molecular weight is 344 g/mol. The first kappa shape index (κ1) is 17.1. The summed E-state index contributed by atoms with van der Waals surface area (Å²) in [5.74, 6) is 1.89. The van der Waals surface area contributed by atoms with E-state index in [-0.39, 0.29) is 6.03 Å². The summed E-state index contributed by atoms with van der Waals surface area (Å²) in [4.78, 5) is 16.4. The van der Waals surface area contributed by atoms with Crippen molar-refractivity contribution in [2.24, 2.45) is 5.92 Å². The Morgan fingerprint density at radius 3 is 2.72 bits per heavy atom. The third-order valence-electron chi connectivity index (χ3n) is 3.93. The maximum Gasteiger partial charge on any atom is 0.319 e. The van der Waals surface area contributed by atoms with Crippen LogP contribution in [0.2, 0.25) is 0 Å². The van der Waals surface area contributed by atoms with Crippen molar-refractivity contribution in [2.75, 3.05) is 18.5 Å². The van der Waals surface area contributed by atoms with Gasteiger partial charge in [0.15, 0.2) is 11.5 Å². The van der Waals surface area contributed by atoms with Gasteiger partial charge in [-0.05, 0) is 24.5 Å². The fraction of sp³-hybridized carbons (Fsp3) is 0.444. The number of imidazole rings is 1. The maximum absolute atomic E-state index is 12.2. The first-order valence-corrected chi connectivity index (χ1v) is 8.47. The van der Waals surface area contributed by atoms with Crippen molar-refractivity contribution in [1.82, 2.24) is 14.9 Å². The van der Waals surface area contributed by atoms with Crippen molar-refractivity contribution >= 4 is 11.7 Å². The lowest BCUT2D eigenvalue weighted by Crippen LogP contribution is -2.29. The molecule has 2 heterocycles. The Labute approximate surface area is 147 Å². The molecule has 0 fully saturated rings. The van der Waals surface area contributed by atoms with E-state index in [1.165, 1.54) is 0 Å². The minimum absolute atomic E-state index is 0.267. The lowest BCUT2D eigenvalue weighted by atomic mass is 10.1. The van der Waals surface area contributed by atoms with Gasteiger partial charge in [0.05, 0.1) is 18.6 Å². The van der Waals surface area contributed by atoms with Crippen LogP contribution in [0.4, 0.5) is 10.5 Å². The summed E-state index contributed by atoms with van der Waals surface area (Å²) in [6.07, 6.45) is 3.57. The van der Waals surface area contributed by atoms with Crippen LogP contribution in [0.5, 0.6) is 11.5 Å². The maximum atomic E-state index is 12.2. The first-order chi connectivity index (χ1) is 12.0. The van der Waals surface area contributed by atoms with Gasteiger partial charge in [-0.15, -0.1) is 0 Å². The predicted octanol–water partition coefficient (Wildman–Crippen LogP) is 2.94. The molecule has 3 rings (SSSR count). The molecule has 0 spiro atoms. The topological polar surface area (TPSA) is 77.4 Å². The molecule has 134 valence electrons. The largest absolute Gasteiger partial charge is 0.486 e. The van der Waals surface area contributed by atoms with Gasteiger partial charge in [0, 0.05) is 24.5 Å². The molecule has 0 radical (unpaired) electrons. The molecule has 0 aliphatic carbocycles. The van der Waals surface area contributed by atoms with Crippen molar-refractivity contribution in [3.63, 3.8) is 0 Å². The van der Waals surface area contributed by atoms with Gasteiger partial charge in [0.25, 0.3) is 0 Å². The van der Waals surface area contributed by atoms with Crippen LogP contribution in [0.25, 0.3) is 0 Å². The molecule has 0 unspecified atom stereocenters. The van der Waals surface area contributed by atoms with Crippen molar-refractivity contribution in [3.8, 4) is 11.5 Å². The molecule has 7 heteroatoms. The highest BCUT2D eigenvalue weighted by molar-refractivity contribution is 5.90. The number of nitrogens with zero attached hydrogens (tertiary/aromatic N) is 2. The van der Waals surface area contributed by atoms with Gasteiger partial charge in [-0.3, -0.25) is 0 Å². The smallest absolute Gasteiger partial charge is 0.319 e. The summed E-state index contributed by atoms with van der Waals surface area (Å²) in [6, 6.07) is 3.41. The summed E-state index contributed by atoms with van der Waals surface area (Å²) in [7, 11) is 0. The van der Waals surface area contributed by atoms with Gasteiger partial charge < -0.3 is 24.7 Å². The van der Waals surface area contributed by atoms with Crippen LogP contribution < -0.4 is 20.1 Å². The van der Waals surface area contributed by atoms with Crippen LogP contribution >= 0.6 is 0 Å². The summed E-state index contributed by atoms with van der Waals surface area (Å²) in [5.41, 5.74) is 2.60. The molecule has 2 amide bonds. The van der Waals surface area contributed by atoms with Crippen LogP contribution in [-0.4, -0.2) is 28.8 Å². The van der Waals surface area contributed by atoms with Crippen LogP contribution in [0, 0.1) is 12.8 Å². The number of hydrogen-bond donors (Lipinski definition) is 2. The monoisotopic (exact) mass is 344 g/mol. The van der Waals surface area contributed by atoms with Gasteiger partial charge in [-0.1, -0.05) is 13.8 Å². The van der Waals surface area contributed by atoms with E-state index in [1.807, 2.05) is 13.0 Å². The second kappa shape index (κ2) is 7.46. The summed E-state index contributed by atoms with van der Waals surface area (Å²) in [5, 5.41) is 5.74. The van der Waals surface area contributed by atoms with E-state index in [0.717, 1.165) is 17.8 Å². The molecule has 2 N–H and O–H groups in total. The molecule has 7 nitrogen and oxygen atoms in total. The molecule has 0 saturated carbocycles. The number of carbonyl (C=O) groups excluding carboxylic acids is 1. The Bertz CT molecular complexity index is 755. The number of benzene rings is 1. The molecule has 0 saturated heterocycles. The van der Waals surface area contributed by atoms with Gasteiger partial charge >= 0.3 is 6.03 Å². The van der Waals surface area contributed by atoms with Gasteiger partial charge in [-0.2, -0.15) is 0 Å². The fourth-order valence-electron chi connectivity index (χ4n) is 2.72. The van der Waals surface area contributed by atoms with Gasteiger partial charge in [0.1, 0.15) is 13.2 Å². The predicted molar refractivity (Wildman–Crippen MR) is 95.1 cm³/mol. The van der Waals surface area contributed by atoms with Crippen LogP contribution in [-0.2, 0) is 13.1 Å². The Morgan fingerprint density at radius 1 is 1.28 bits per heavy atom. The number of urea groups is 1. The second-order valence-electron chi connectivity index (χ2n) is 6.55. The van der Waals surface area contributed by atoms with E-state index in [1.54, 1.807) is 18.6 Å². The molecule has 2 aromatic rings. The second-order valence-corrected chi connectivity index (χ2v) is 6.55. The zero-order valence-corrected chi connectivity index (χ0v) is 14.8. The standard InChI is InChI=1S/C18H24N4O3/c1-12(2)10-22-11-19-8-14(22)9-20-18(23)21-15-7-17-16(6-13(15)3)24-4-5-25-17/h6-8,11-12H,4-5,9-10H2,1-3H3,(H2,20,21,23). The molecular formula is C18H24N4O3. The Kier molecular flexibility index (Phi) is 5.11. The summed E-state index contributed by atoms with van der Waals surface area (Å²) >= 11 is 0. The number of aryl methyl sites for hydroxylation is 1. The van der Waals surface area contributed by atoms with E-state index < -0.39 is 0 Å². The number of rotatable bonds is 5. The summed E-state index contributed by atoms with van der Waals surface area (Å²) in [6.45, 7) is 8.57. The van der Waals surface area contributed by atoms with Gasteiger partial charge in [0.2, 0.25) is 0 Å². The number of fused-ring (bicyclic) bond motifs is 1. The molecule has 1 aliphatic rings. The number of amides is 2. The number of carbonyl (C=O) groups is 1. The van der Waals surface area contributed by atoms with Crippen LogP contribution in [0.3, 0.4) is 0 Å². The van der Waals surface area contributed by atoms with Crippen molar-refractivity contribution in [1.29, 1.82) is 0 Å². The Balaban J connectivity index is 1.61. The normalized spacial score (nSPS) is 13.0. The third kappa shape index (κ3) is 4.23. The van der Waals surface area contributed by atoms with Crippen molar-refractivity contribution < 1.29 is 14.3 Å². The minimum Gasteiger partial charge on any atom is -0.486 e. The van der Waals surface area contributed by atoms with Crippen LogP contribution in [0.1, 0.15) is 25.1 Å². The zero-order valence-electron chi connectivity index (χ0n) is 14.8. The van der Waals surface area contributed by atoms with Crippen molar-refractivity contribution in [3.05, 3.63) is 35.9 Å². The minimum atomic E-state index is -0.267. The Hall–Kier alpha value is -2.70. The van der Waals surface area contributed by atoms with E-state index in [9.17, 15) is 4.79 Å². The zero-order chi connectivity index (χ0) is 17.8. The number of nitrogens with one attached hydrogen (secondary N) is 2. The van der Waals surface area contributed by atoms with E-state index in [4.69, 9.17) is 9.47 Å². The Morgan fingerprint density at radius 2 is 2.00 bits per heavy atom. The molecule has 25 heavy (non-hydrogen) atoms. The lowest BCUT2D eigenvalue weighted by Gasteiger charge is -2.20. The number of aromatic nitrogens is 2. The number of anilines is 1. The third-order valence-corrected chi connectivity index (χ3v) is 3.93. The average Bonchev–Trinajstić information content (AvgIpc) is 3.00. The fourth-order valence-corrected chi connectivity index (χ4v) is 2.72. The quantitative estimate of drug-likeness (QED) is 0.874. The molecular weight excluding hydrogens is 320 g/mol. The number of ether oxygens (including phenoxy) is 2. The highest BCUT2D eigenvalue weighted by atomic mass is 16.6. The molecule has 1 aromatic heterocycles. The molecule has 0 bridgehead atoms.